The fourth-order valence-electron chi connectivity index (χ4n) is 2.72. The number of carboxylic acid groups (broad SMARTS) is 1. The van der Waals surface area contributed by atoms with Gasteiger partial charge in [-0.05, 0) is 32.6 Å². The van der Waals surface area contributed by atoms with Gasteiger partial charge < -0.3 is 14.9 Å². The average molecular weight is 343 g/mol. The molecule has 2 atom stereocenters. The third-order valence-electron chi connectivity index (χ3n) is 4.21. The first-order chi connectivity index (χ1) is 11.6. The minimum absolute atomic E-state index is 0.268. The number of unbranched alkanes of at least 4 members (excludes halogenated alkanes) is 8. The van der Waals surface area contributed by atoms with Crippen LogP contribution in [0.3, 0.4) is 0 Å². The molecular formula is C20H38O4. The number of aliphatic hydroxyl groups is 1. The second kappa shape index (κ2) is 17.0. The highest BCUT2D eigenvalue weighted by Crippen LogP contribution is 2.12. The summed E-state index contributed by atoms with van der Waals surface area (Å²) in [5.41, 5.74) is 0. The quantitative estimate of drug-likeness (QED) is 0.285. The van der Waals surface area contributed by atoms with Crippen molar-refractivity contribution in [2.45, 2.75) is 103 Å². The molecule has 2 N–H and O–H groups in total. The van der Waals surface area contributed by atoms with E-state index in [-0.39, 0.29) is 6.10 Å². The molecule has 0 spiro atoms. The van der Waals surface area contributed by atoms with Crippen LogP contribution in [0.15, 0.2) is 12.2 Å². The summed E-state index contributed by atoms with van der Waals surface area (Å²) in [6.07, 6.45) is 16.4. The number of carbonyl (C=O) groups is 1. The van der Waals surface area contributed by atoms with Crippen LogP contribution in [0.2, 0.25) is 0 Å². The number of aliphatic carboxylic acids is 1. The Morgan fingerprint density at radius 1 is 0.958 bits per heavy atom. The molecule has 0 aliphatic heterocycles. The Balaban J connectivity index is 3.60. The van der Waals surface area contributed by atoms with Crippen molar-refractivity contribution in [3.8, 4) is 0 Å². The van der Waals surface area contributed by atoms with Crippen LogP contribution in [-0.2, 0) is 9.53 Å². The molecule has 0 saturated heterocycles. The van der Waals surface area contributed by atoms with Gasteiger partial charge in [0.2, 0.25) is 0 Å². The van der Waals surface area contributed by atoms with Gasteiger partial charge in [-0.3, -0.25) is 0 Å². The maximum Gasteiger partial charge on any atom is 0.332 e. The maximum atomic E-state index is 10.5. The van der Waals surface area contributed by atoms with E-state index < -0.39 is 12.1 Å². The first-order valence-electron chi connectivity index (χ1n) is 9.80. The van der Waals surface area contributed by atoms with Crippen LogP contribution in [0.1, 0.15) is 90.9 Å². The Morgan fingerprint density at radius 2 is 1.58 bits per heavy atom. The van der Waals surface area contributed by atoms with Gasteiger partial charge in [-0.25, -0.2) is 4.79 Å². The molecule has 0 aliphatic rings. The minimum atomic E-state index is -1.19. The van der Waals surface area contributed by atoms with Crippen LogP contribution < -0.4 is 0 Å². The first-order valence-corrected chi connectivity index (χ1v) is 9.80. The second-order valence-corrected chi connectivity index (χ2v) is 6.47. The Kier molecular flexibility index (Phi) is 16.4. The molecule has 0 bridgehead atoms. The SMILES string of the molecule is CCCCCCC(C=CCCCCCCCC(O)C(=O)O)OCC. The van der Waals surface area contributed by atoms with Gasteiger partial charge >= 0.3 is 5.97 Å². The fraction of sp³-hybridized carbons (Fsp3) is 0.850. The Bertz CT molecular complexity index is 315. The number of ether oxygens (including phenoxy) is 1. The number of allylic oxidation sites excluding steroid dienone is 1. The predicted octanol–water partition coefficient (Wildman–Crippen LogP) is 5.09. The van der Waals surface area contributed by atoms with Crippen molar-refractivity contribution < 1.29 is 19.7 Å². The van der Waals surface area contributed by atoms with Gasteiger partial charge in [-0.15, -0.1) is 0 Å². The van der Waals surface area contributed by atoms with Crippen molar-refractivity contribution in [2.75, 3.05) is 6.61 Å². The number of hydrogen-bond acceptors (Lipinski definition) is 3. The zero-order chi connectivity index (χ0) is 18.0. The summed E-state index contributed by atoms with van der Waals surface area (Å²) in [5, 5.41) is 17.7. The van der Waals surface area contributed by atoms with E-state index in [4.69, 9.17) is 14.9 Å². The second-order valence-electron chi connectivity index (χ2n) is 6.47. The number of carboxylic acids is 1. The molecule has 0 heterocycles. The summed E-state index contributed by atoms with van der Waals surface area (Å²) in [6.45, 7) is 5.05. The number of rotatable bonds is 17. The number of hydrogen-bond donors (Lipinski definition) is 2. The molecule has 4 nitrogen and oxygen atoms in total. The zero-order valence-corrected chi connectivity index (χ0v) is 15.7. The van der Waals surface area contributed by atoms with Crippen molar-refractivity contribution in [1.82, 2.24) is 0 Å². The van der Waals surface area contributed by atoms with Gasteiger partial charge in [0.15, 0.2) is 6.10 Å². The van der Waals surface area contributed by atoms with E-state index in [0.29, 0.717) is 6.42 Å². The van der Waals surface area contributed by atoms with Gasteiger partial charge in [0.05, 0.1) is 6.10 Å². The Morgan fingerprint density at radius 3 is 2.25 bits per heavy atom. The standard InChI is InChI=1S/C20H38O4/c1-3-5-6-12-15-18(24-4-2)16-13-10-8-7-9-11-14-17-19(21)20(22)23/h13,16,18-19,21H,3-12,14-15,17H2,1-2H3,(H,22,23). The average Bonchev–Trinajstić information content (AvgIpc) is 2.56. The number of aliphatic hydroxyl groups excluding tert-OH is 1. The van der Waals surface area contributed by atoms with Gasteiger partial charge in [-0.2, -0.15) is 0 Å². The smallest absolute Gasteiger partial charge is 0.332 e. The lowest BCUT2D eigenvalue weighted by Crippen LogP contribution is -2.18. The van der Waals surface area contributed by atoms with Gasteiger partial charge in [0.1, 0.15) is 0 Å². The van der Waals surface area contributed by atoms with E-state index in [9.17, 15) is 4.79 Å². The predicted molar refractivity (Wildman–Crippen MR) is 99.3 cm³/mol. The van der Waals surface area contributed by atoms with E-state index in [2.05, 4.69) is 19.1 Å². The zero-order valence-electron chi connectivity index (χ0n) is 15.7. The highest BCUT2D eigenvalue weighted by atomic mass is 16.5. The minimum Gasteiger partial charge on any atom is -0.479 e. The molecule has 4 heteroatoms. The molecule has 0 aromatic heterocycles. The van der Waals surface area contributed by atoms with Crippen molar-refractivity contribution in [2.24, 2.45) is 0 Å². The summed E-state index contributed by atoms with van der Waals surface area (Å²) >= 11 is 0. The van der Waals surface area contributed by atoms with Crippen LogP contribution in [0.4, 0.5) is 0 Å². The highest BCUT2D eigenvalue weighted by Gasteiger charge is 2.11. The Hall–Kier alpha value is -0.870. The molecule has 0 amide bonds. The van der Waals surface area contributed by atoms with Crippen molar-refractivity contribution >= 4 is 5.97 Å². The van der Waals surface area contributed by atoms with Gasteiger partial charge in [0, 0.05) is 6.61 Å². The van der Waals surface area contributed by atoms with Crippen LogP contribution in [0, 0.1) is 0 Å². The summed E-state index contributed by atoms with van der Waals surface area (Å²) in [4.78, 5) is 10.5. The summed E-state index contributed by atoms with van der Waals surface area (Å²) in [5.74, 6) is -1.11. The Labute approximate surface area is 148 Å². The summed E-state index contributed by atoms with van der Waals surface area (Å²) in [7, 11) is 0. The molecule has 0 saturated carbocycles. The van der Waals surface area contributed by atoms with Crippen LogP contribution in [-0.4, -0.2) is 35.0 Å². The van der Waals surface area contributed by atoms with Crippen molar-refractivity contribution in [3.63, 3.8) is 0 Å². The molecule has 0 aliphatic carbocycles. The lowest BCUT2D eigenvalue weighted by molar-refractivity contribution is -0.146. The monoisotopic (exact) mass is 342 g/mol. The van der Waals surface area contributed by atoms with Gasteiger partial charge in [0.25, 0.3) is 0 Å². The maximum absolute atomic E-state index is 10.5. The molecule has 0 radical (unpaired) electrons. The molecular weight excluding hydrogens is 304 g/mol. The lowest BCUT2D eigenvalue weighted by Gasteiger charge is -2.12. The summed E-state index contributed by atoms with van der Waals surface area (Å²) < 4.78 is 5.77. The van der Waals surface area contributed by atoms with E-state index in [0.717, 1.165) is 51.6 Å². The topological polar surface area (TPSA) is 66.8 Å². The van der Waals surface area contributed by atoms with E-state index in [1.807, 2.05) is 6.92 Å². The van der Waals surface area contributed by atoms with Crippen LogP contribution in [0.25, 0.3) is 0 Å². The van der Waals surface area contributed by atoms with Crippen molar-refractivity contribution in [3.05, 3.63) is 12.2 Å². The third-order valence-corrected chi connectivity index (χ3v) is 4.21. The summed E-state index contributed by atoms with van der Waals surface area (Å²) in [6, 6.07) is 0. The highest BCUT2D eigenvalue weighted by molar-refractivity contribution is 5.71. The third kappa shape index (κ3) is 14.7. The largest absolute Gasteiger partial charge is 0.479 e. The van der Waals surface area contributed by atoms with Crippen molar-refractivity contribution in [1.29, 1.82) is 0 Å². The molecule has 24 heavy (non-hydrogen) atoms. The molecule has 0 rings (SSSR count). The van der Waals surface area contributed by atoms with E-state index >= 15 is 0 Å². The molecule has 0 aromatic rings. The molecule has 0 fully saturated rings. The van der Waals surface area contributed by atoms with E-state index in [1.165, 1.54) is 25.7 Å². The molecule has 2 unspecified atom stereocenters. The first kappa shape index (κ1) is 23.1. The van der Waals surface area contributed by atoms with Gasteiger partial charge in [-0.1, -0.05) is 70.4 Å². The fourth-order valence-corrected chi connectivity index (χ4v) is 2.72. The molecule has 0 aromatic carbocycles. The molecule has 142 valence electrons. The lowest BCUT2D eigenvalue weighted by atomic mass is 10.1. The van der Waals surface area contributed by atoms with E-state index in [1.54, 1.807) is 0 Å². The van der Waals surface area contributed by atoms with Crippen LogP contribution in [0.5, 0.6) is 0 Å². The normalized spacial score (nSPS) is 14.1. The van der Waals surface area contributed by atoms with Crippen LogP contribution >= 0.6 is 0 Å².